The molecule has 0 amide bonds. The first kappa shape index (κ1) is 24.3. The third kappa shape index (κ3) is 6.76. The number of rotatable bonds is 5. The normalized spacial score (nSPS) is 14.8. The summed E-state index contributed by atoms with van der Waals surface area (Å²) in [6.07, 6.45) is -4.43. The molecule has 1 heterocycles. The molecule has 0 atom stereocenters. The van der Waals surface area contributed by atoms with Gasteiger partial charge in [-0.05, 0) is 23.3 Å². The Kier molecular flexibility index (Phi) is 9.22. The Balaban J connectivity index is 0.00000320. The van der Waals surface area contributed by atoms with Gasteiger partial charge in [-0.25, -0.2) is 0 Å². The van der Waals surface area contributed by atoms with Gasteiger partial charge in [0.2, 0.25) is 0 Å². The van der Waals surface area contributed by atoms with E-state index < -0.39 is 11.7 Å². The first-order valence-electron chi connectivity index (χ1n) is 9.48. The van der Waals surface area contributed by atoms with Crippen LogP contribution in [0.1, 0.15) is 16.7 Å². The van der Waals surface area contributed by atoms with Crippen molar-refractivity contribution in [3.8, 4) is 0 Å². The van der Waals surface area contributed by atoms with E-state index in [0.29, 0.717) is 44.5 Å². The molecule has 1 fully saturated rings. The van der Waals surface area contributed by atoms with Crippen molar-refractivity contribution in [1.29, 1.82) is 0 Å². The topological polar surface area (TPSA) is 48.9 Å². The van der Waals surface area contributed by atoms with Crippen molar-refractivity contribution in [2.24, 2.45) is 4.99 Å². The van der Waals surface area contributed by atoms with Crippen LogP contribution in [0.25, 0.3) is 0 Å². The minimum Gasteiger partial charge on any atom is -0.378 e. The van der Waals surface area contributed by atoms with Crippen molar-refractivity contribution in [2.75, 3.05) is 38.3 Å². The fraction of sp³-hybridized carbons (Fsp3) is 0.381. The molecular weight excluding hydrogens is 508 g/mol. The van der Waals surface area contributed by atoms with Crippen LogP contribution in [0.15, 0.2) is 53.5 Å². The highest BCUT2D eigenvalue weighted by molar-refractivity contribution is 14.0. The maximum Gasteiger partial charge on any atom is 0.416 e. The van der Waals surface area contributed by atoms with Crippen molar-refractivity contribution in [3.05, 3.63) is 65.2 Å². The molecule has 0 bridgehead atoms. The molecule has 0 saturated carbocycles. The minimum atomic E-state index is -4.43. The zero-order valence-electron chi connectivity index (χ0n) is 16.7. The lowest BCUT2D eigenvalue weighted by Gasteiger charge is -2.29. The molecule has 2 aromatic rings. The van der Waals surface area contributed by atoms with Gasteiger partial charge in [0.1, 0.15) is 0 Å². The largest absolute Gasteiger partial charge is 0.416 e. The smallest absolute Gasteiger partial charge is 0.378 e. The Morgan fingerprint density at radius 1 is 1.03 bits per heavy atom. The van der Waals surface area contributed by atoms with Crippen molar-refractivity contribution in [2.45, 2.75) is 19.3 Å². The molecule has 1 aliphatic rings. The maximum atomic E-state index is 13.7. The summed E-state index contributed by atoms with van der Waals surface area (Å²) < 4.78 is 46.2. The second-order valence-corrected chi connectivity index (χ2v) is 6.70. The summed E-state index contributed by atoms with van der Waals surface area (Å²) in [7, 11) is 1.59. The summed E-state index contributed by atoms with van der Waals surface area (Å²) in [5, 5.41) is 6.09. The number of nitrogens with one attached hydrogen (secondary N) is 2. The average Bonchev–Trinajstić information content (AvgIpc) is 2.74. The number of morpholine rings is 1. The van der Waals surface area contributed by atoms with Gasteiger partial charge < -0.3 is 20.3 Å². The molecule has 0 radical (unpaired) electrons. The molecule has 1 aliphatic heterocycles. The van der Waals surface area contributed by atoms with Crippen molar-refractivity contribution in [1.82, 2.24) is 10.6 Å². The second kappa shape index (κ2) is 11.4. The van der Waals surface area contributed by atoms with Crippen LogP contribution in [-0.4, -0.2) is 39.3 Å². The number of hydrogen-bond donors (Lipinski definition) is 2. The highest BCUT2D eigenvalue weighted by Gasteiger charge is 2.34. The number of benzene rings is 2. The maximum absolute atomic E-state index is 13.7. The van der Waals surface area contributed by atoms with E-state index in [2.05, 4.69) is 15.6 Å². The second-order valence-electron chi connectivity index (χ2n) is 6.70. The van der Waals surface area contributed by atoms with Gasteiger partial charge in [0, 0.05) is 38.9 Å². The Morgan fingerprint density at radius 2 is 1.70 bits per heavy atom. The number of alkyl halides is 3. The molecule has 1 saturated heterocycles. The van der Waals surface area contributed by atoms with E-state index in [0.717, 1.165) is 5.56 Å². The summed E-state index contributed by atoms with van der Waals surface area (Å²) in [4.78, 5) is 6.01. The first-order chi connectivity index (χ1) is 14.0. The van der Waals surface area contributed by atoms with Crippen molar-refractivity contribution in [3.63, 3.8) is 0 Å². The van der Waals surface area contributed by atoms with E-state index in [-0.39, 0.29) is 36.1 Å². The SMILES string of the molecule is CN=C(NCc1ccccc1)NCc1ccc(N2CCOCC2)cc1C(F)(F)F.I. The third-order valence-electron chi connectivity index (χ3n) is 4.75. The van der Waals surface area contributed by atoms with E-state index in [1.54, 1.807) is 13.1 Å². The molecule has 5 nitrogen and oxygen atoms in total. The monoisotopic (exact) mass is 534 g/mol. The molecule has 0 aromatic heterocycles. The van der Waals surface area contributed by atoms with Gasteiger partial charge in [-0.3, -0.25) is 4.99 Å². The Labute approximate surface area is 191 Å². The summed E-state index contributed by atoms with van der Waals surface area (Å²) >= 11 is 0. The van der Waals surface area contributed by atoms with Crippen molar-refractivity contribution >= 4 is 35.6 Å². The van der Waals surface area contributed by atoms with E-state index in [4.69, 9.17) is 4.74 Å². The fourth-order valence-electron chi connectivity index (χ4n) is 3.18. The van der Waals surface area contributed by atoms with Crippen LogP contribution in [0.3, 0.4) is 0 Å². The van der Waals surface area contributed by atoms with Gasteiger partial charge >= 0.3 is 6.18 Å². The van der Waals surface area contributed by atoms with E-state index in [1.807, 2.05) is 35.2 Å². The quantitative estimate of drug-likeness (QED) is 0.346. The molecule has 2 N–H and O–H groups in total. The summed E-state index contributed by atoms with van der Waals surface area (Å²) in [6.45, 7) is 2.77. The molecule has 9 heteroatoms. The predicted octanol–water partition coefficient (Wildman–Crippen LogP) is 4.03. The van der Waals surface area contributed by atoms with Gasteiger partial charge in [0.05, 0.1) is 18.8 Å². The van der Waals surface area contributed by atoms with Crippen LogP contribution in [-0.2, 0) is 24.0 Å². The lowest BCUT2D eigenvalue weighted by molar-refractivity contribution is -0.138. The molecule has 2 aromatic carbocycles. The number of guanidine groups is 1. The van der Waals surface area contributed by atoms with Crippen molar-refractivity contribution < 1.29 is 17.9 Å². The number of aliphatic imine (C=N–C) groups is 1. The van der Waals surface area contributed by atoms with Gasteiger partial charge in [0.15, 0.2) is 5.96 Å². The molecule has 3 rings (SSSR count). The molecule has 0 spiro atoms. The van der Waals surface area contributed by atoms with E-state index >= 15 is 0 Å². The molecule has 0 aliphatic carbocycles. The van der Waals surface area contributed by atoms with Gasteiger partial charge in [-0.2, -0.15) is 13.2 Å². The van der Waals surface area contributed by atoms with Gasteiger partial charge in [-0.1, -0.05) is 36.4 Å². The highest BCUT2D eigenvalue weighted by atomic mass is 127. The lowest BCUT2D eigenvalue weighted by atomic mass is 10.0. The molecule has 0 unspecified atom stereocenters. The van der Waals surface area contributed by atoms with Gasteiger partial charge in [-0.15, -0.1) is 24.0 Å². The number of anilines is 1. The fourth-order valence-corrected chi connectivity index (χ4v) is 3.18. The standard InChI is InChI=1S/C21H25F3N4O.HI/c1-25-20(26-14-16-5-3-2-4-6-16)27-15-17-7-8-18(13-19(17)21(22,23)24)28-9-11-29-12-10-28;/h2-8,13H,9-12,14-15H2,1H3,(H2,25,26,27);1H. The molecule has 164 valence electrons. The summed E-state index contributed by atoms with van der Waals surface area (Å²) in [5.41, 5.74) is 1.17. The Hall–Kier alpha value is -2.01. The van der Waals surface area contributed by atoms with Crippen LogP contribution in [0.4, 0.5) is 18.9 Å². The molecule has 30 heavy (non-hydrogen) atoms. The van der Waals surface area contributed by atoms with E-state index in [9.17, 15) is 13.2 Å². The highest BCUT2D eigenvalue weighted by Crippen LogP contribution is 2.35. The number of halogens is 4. The summed E-state index contributed by atoms with van der Waals surface area (Å²) in [6, 6.07) is 14.2. The Morgan fingerprint density at radius 3 is 2.33 bits per heavy atom. The number of hydrogen-bond acceptors (Lipinski definition) is 3. The summed E-state index contributed by atoms with van der Waals surface area (Å²) in [5.74, 6) is 0.444. The first-order valence-corrected chi connectivity index (χ1v) is 9.48. The minimum absolute atomic E-state index is 0. The number of nitrogens with zero attached hydrogens (tertiary/aromatic N) is 2. The zero-order valence-corrected chi connectivity index (χ0v) is 19.0. The van der Waals surface area contributed by atoms with Crippen LogP contribution in [0.5, 0.6) is 0 Å². The van der Waals surface area contributed by atoms with Crippen LogP contribution >= 0.6 is 24.0 Å². The van der Waals surface area contributed by atoms with Crippen LogP contribution < -0.4 is 15.5 Å². The lowest BCUT2D eigenvalue weighted by Crippen LogP contribution is -2.37. The third-order valence-corrected chi connectivity index (χ3v) is 4.75. The average molecular weight is 534 g/mol. The van der Waals surface area contributed by atoms with Gasteiger partial charge in [0.25, 0.3) is 0 Å². The van der Waals surface area contributed by atoms with Crippen LogP contribution in [0.2, 0.25) is 0 Å². The predicted molar refractivity (Wildman–Crippen MR) is 123 cm³/mol. The Bertz CT molecular complexity index is 825. The van der Waals surface area contributed by atoms with Crippen LogP contribution in [0, 0.1) is 0 Å². The zero-order chi connectivity index (χ0) is 20.7. The molecular formula is C21H26F3IN4O. The number of ether oxygens (including phenoxy) is 1. The van der Waals surface area contributed by atoms with E-state index in [1.165, 1.54) is 12.1 Å².